The third kappa shape index (κ3) is 3.09. The fraction of sp³-hybridized carbons (Fsp3) is 0.176. The topological polar surface area (TPSA) is 55.1 Å². The fourth-order valence-electron chi connectivity index (χ4n) is 2.31. The fourth-order valence-corrected chi connectivity index (χ4v) is 3.34. The Kier molecular flexibility index (Phi) is 4.06. The van der Waals surface area contributed by atoms with E-state index in [1.54, 1.807) is 11.3 Å². The Labute approximate surface area is 132 Å². The SMILES string of the molecule is CC(CC(=O)O)c1ccc(-c2cnn(-c3ccccc3)c2)s1. The Hall–Kier alpha value is -2.40. The molecule has 3 rings (SSSR count). The number of aliphatic carboxylic acids is 1. The summed E-state index contributed by atoms with van der Waals surface area (Å²) in [6.45, 7) is 1.94. The van der Waals surface area contributed by atoms with Crippen LogP contribution >= 0.6 is 11.3 Å². The van der Waals surface area contributed by atoms with E-state index in [2.05, 4.69) is 5.10 Å². The molecule has 5 heteroatoms. The number of carboxylic acid groups (broad SMARTS) is 1. The number of carboxylic acids is 1. The van der Waals surface area contributed by atoms with Gasteiger partial charge >= 0.3 is 5.97 Å². The van der Waals surface area contributed by atoms with Crippen LogP contribution in [0.3, 0.4) is 0 Å². The zero-order valence-corrected chi connectivity index (χ0v) is 13.0. The highest BCUT2D eigenvalue weighted by Crippen LogP contribution is 2.33. The quantitative estimate of drug-likeness (QED) is 0.769. The van der Waals surface area contributed by atoms with E-state index < -0.39 is 5.97 Å². The summed E-state index contributed by atoms with van der Waals surface area (Å²) in [7, 11) is 0. The van der Waals surface area contributed by atoms with Crippen molar-refractivity contribution in [3.05, 3.63) is 59.7 Å². The van der Waals surface area contributed by atoms with E-state index in [-0.39, 0.29) is 12.3 Å². The van der Waals surface area contributed by atoms with Gasteiger partial charge in [0.25, 0.3) is 0 Å². The Morgan fingerprint density at radius 1 is 1.27 bits per heavy atom. The van der Waals surface area contributed by atoms with Crippen LogP contribution in [0.5, 0.6) is 0 Å². The smallest absolute Gasteiger partial charge is 0.303 e. The van der Waals surface area contributed by atoms with Gasteiger partial charge in [-0.3, -0.25) is 4.79 Å². The number of carbonyl (C=O) groups is 1. The first-order valence-electron chi connectivity index (χ1n) is 7.05. The largest absolute Gasteiger partial charge is 0.481 e. The van der Waals surface area contributed by atoms with E-state index in [1.165, 1.54) is 0 Å². The standard InChI is InChI=1S/C17H16N2O2S/c1-12(9-17(20)21)15-7-8-16(22-15)13-10-18-19(11-13)14-5-3-2-4-6-14/h2-8,10-12H,9H2,1H3,(H,20,21). The van der Waals surface area contributed by atoms with Crippen LogP contribution < -0.4 is 0 Å². The molecule has 0 saturated heterocycles. The molecule has 0 spiro atoms. The Morgan fingerprint density at radius 2 is 2.05 bits per heavy atom. The lowest BCUT2D eigenvalue weighted by Gasteiger charge is -2.04. The lowest BCUT2D eigenvalue weighted by Crippen LogP contribution is -2.00. The van der Waals surface area contributed by atoms with Crippen molar-refractivity contribution in [3.63, 3.8) is 0 Å². The van der Waals surface area contributed by atoms with Crippen molar-refractivity contribution >= 4 is 17.3 Å². The first-order chi connectivity index (χ1) is 10.6. The average Bonchev–Trinajstić information content (AvgIpc) is 3.17. The highest BCUT2D eigenvalue weighted by Gasteiger charge is 2.14. The van der Waals surface area contributed by atoms with Gasteiger partial charge < -0.3 is 5.11 Å². The summed E-state index contributed by atoms with van der Waals surface area (Å²) >= 11 is 1.63. The van der Waals surface area contributed by atoms with Crippen LogP contribution in [0.15, 0.2) is 54.9 Å². The lowest BCUT2D eigenvalue weighted by atomic mass is 10.1. The molecular formula is C17H16N2O2S. The maximum atomic E-state index is 10.8. The highest BCUT2D eigenvalue weighted by molar-refractivity contribution is 7.15. The number of rotatable bonds is 5. The normalized spacial score (nSPS) is 12.2. The van der Waals surface area contributed by atoms with Gasteiger partial charge in [-0.2, -0.15) is 5.10 Å². The van der Waals surface area contributed by atoms with Crippen LogP contribution in [0.1, 0.15) is 24.1 Å². The van der Waals surface area contributed by atoms with Gasteiger partial charge in [0.05, 0.1) is 18.3 Å². The van der Waals surface area contributed by atoms with E-state index in [1.807, 2.05) is 66.5 Å². The van der Waals surface area contributed by atoms with Crippen LogP contribution in [0.25, 0.3) is 16.1 Å². The number of benzene rings is 1. The molecule has 1 unspecified atom stereocenters. The van der Waals surface area contributed by atoms with Crippen LogP contribution in [-0.2, 0) is 4.79 Å². The summed E-state index contributed by atoms with van der Waals surface area (Å²) in [4.78, 5) is 13.0. The number of thiophene rings is 1. The Morgan fingerprint density at radius 3 is 2.77 bits per heavy atom. The molecule has 2 heterocycles. The zero-order chi connectivity index (χ0) is 15.5. The minimum Gasteiger partial charge on any atom is -0.481 e. The van der Waals surface area contributed by atoms with Gasteiger partial charge in [0.15, 0.2) is 0 Å². The molecular weight excluding hydrogens is 296 g/mol. The van der Waals surface area contributed by atoms with E-state index in [0.29, 0.717) is 0 Å². The third-order valence-corrected chi connectivity index (χ3v) is 4.85. The molecule has 3 aromatic rings. The first kappa shape index (κ1) is 14.5. The maximum absolute atomic E-state index is 10.8. The molecule has 2 aromatic heterocycles. The van der Waals surface area contributed by atoms with Crippen molar-refractivity contribution in [2.45, 2.75) is 19.3 Å². The predicted octanol–water partition coefficient (Wildman–Crippen LogP) is 4.18. The Balaban J connectivity index is 1.82. The van der Waals surface area contributed by atoms with Gasteiger partial charge in [0, 0.05) is 27.4 Å². The molecule has 0 bridgehead atoms. The summed E-state index contributed by atoms with van der Waals surface area (Å²) in [6, 6.07) is 14.0. The first-order valence-corrected chi connectivity index (χ1v) is 7.87. The van der Waals surface area contributed by atoms with E-state index in [0.717, 1.165) is 21.0 Å². The maximum Gasteiger partial charge on any atom is 0.303 e. The number of hydrogen-bond acceptors (Lipinski definition) is 3. The number of aromatic nitrogens is 2. The molecule has 0 aliphatic rings. The molecule has 1 atom stereocenters. The molecule has 1 N–H and O–H groups in total. The molecule has 4 nitrogen and oxygen atoms in total. The van der Waals surface area contributed by atoms with Crippen molar-refractivity contribution in [1.82, 2.24) is 9.78 Å². The highest BCUT2D eigenvalue weighted by atomic mass is 32.1. The van der Waals surface area contributed by atoms with Crippen LogP contribution in [0.2, 0.25) is 0 Å². The molecule has 0 amide bonds. The van der Waals surface area contributed by atoms with E-state index in [4.69, 9.17) is 5.11 Å². The molecule has 22 heavy (non-hydrogen) atoms. The van der Waals surface area contributed by atoms with Crippen molar-refractivity contribution < 1.29 is 9.90 Å². The van der Waals surface area contributed by atoms with Gasteiger partial charge in [-0.05, 0) is 24.3 Å². The summed E-state index contributed by atoms with van der Waals surface area (Å²) in [5, 5.41) is 13.3. The molecule has 0 aliphatic carbocycles. The molecule has 0 fully saturated rings. The van der Waals surface area contributed by atoms with E-state index >= 15 is 0 Å². The Bertz CT molecular complexity index is 777. The van der Waals surface area contributed by atoms with Gasteiger partial charge in [0.2, 0.25) is 0 Å². The second kappa shape index (κ2) is 6.15. The zero-order valence-electron chi connectivity index (χ0n) is 12.1. The average molecular weight is 312 g/mol. The van der Waals surface area contributed by atoms with Crippen molar-refractivity contribution in [3.8, 4) is 16.1 Å². The summed E-state index contributed by atoms with van der Waals surface area (Å²) in [6.07, 6.45) is 3.99. The van der Waals surface area contributed by atoms with Crippen LogP contribution in [-0.4, -0.2) is 20.9 Å². The van der Waals surface area contributed by atoms with Crippen LogP contribution in [0.4, 0.5) is 0 Å². The van der Waals surface area contributed by atoms with Crippen molar-refractivity contribution in [1.29, 1.82) is 0 Å². The van der Waals surface area contributed by atoms with E-state index in [9.17, 15) is 4.79 Å². The minimum atomic E-state index is -0.764. The molecule has 112 valence electrons. The van der Waals surface area contributed by atoms with Gasteiger partial charge in [-0.25, -0.2) is 4.68 Å². The molecule has 0 saturated carbocycles. The van der Waals surface area contributed by atoms with Gasteiger partial charge in [0.1, 0.15) is 0 Å². The second-order valence-electron chi connectivity index (χ2n) is 5.21. The molecule has 0 radical (unpaired) electrons. The van der Waals surface area contributed by atoms with Gasteiger partial charge in [-0.15, -0.1) is 11.3 Å². The minimum absolute atomic E-state index is 0.0282. The van der Waals surface area contributed by atoms with Crippen molar-refractivity contribution in [2.24, 2.45) is 0 Å². The van der Waals surface area contributed by atoms with Crippen molar-refractivity contribution in [2.75, 3.05) is 0 Å². The third-order valence-electron chi connectivity index (χ3n) is 3.48. The van der Waals surface area contributed by atoms with Gasteiger partial charge in [-0.1, -0.05) is 25.1 Å². The number of para-hydroxylation sites is 1. The second-order valence-corrected chi connectivity index (χ2v) is 6.33. The van der Waals surface area contributed by atoms with Crippen LogP contribution in [0, 0.1) is 0 Å². The molecule has 0 aliphatic heterocycles. The predicted molar refractivity (Wildman–Crippen MR) is 87.5 cm³/mol. The summed E-state index contributed by atoms with van der Waals surface area (Å²) in [5.74, 6) is -0.736. The summed E-state index contributed by atoms with van der Waals surface area (Å²) < 4.78 is 1.84. The number of hydrogen-bond donors (Lipinski definition) is 1. The number of nitrogens with zero attached hydrogens (tertiary/aromatic N) is 2. The summed E-state index contributed by atoms with van der Waals surface area (Å²) in [5.41, 5.74) is 2.06. The monoisotopic (exact) mass is 312 g/mol. The molecule has 1 aromatic carbocycles. The lowest BCUT2D eigenvalue weighted by molar-refractivity contribution is -0.137.